The standard InChI is InChI=1S/C17H30N2O3/c1-17(2,3)22-16(21)19-10-8-13(9-11-19)12-18(4)15(20)14-6-5-7-14/h13-14H,5-12H2,1-4H3. The summed E-state index contributed by atoms with van der Waals surface area (Å²) in [7, 11) is 1.92. The Balaban J connectivity index is 1.72. The lowest BCUT2D eigenvalue weighted by Gasteiger charge is -2.36. The number of carbonyl (C=O) groups excluding carboxylic acids is 2. The van der Waals surface area contributed by atoms with E-state index in [0.29, 0.717) is 11.8 Å². The van der Waals surface area contributed by atoms with Crippen LogP contribution in [-0.4, -0.2) is 54.1 Å². The number of hydrogen-bond donors (Lipinski definition) is 0. The second-order valence-electron chi connectivity index (χ2n) is 7.76. The maximum absolute atomic E-state index is 12.2. The number of amides is 2. The molecule has 5 nitrogen and oxygen atoms in total. The predicted molar refractivity (Wildman–Crippen MR) is 85.5 cm³/mol. The molecule has 126 valence electrons. The molecule has 0 aromatic heterocycles. The lowest BCUT2D eigenvalue weighted by molar-refractivity contribution is -0.137. The minimum atomic E-state index is -0.441. The van der Waals surface area contributed by atoms with Gasteiger partial charge < -0.3 is 14.5 Å². The van der Waals surface area contributed by atoms with E-state index in [0.717, 1.165) is 45.3 Å². The summed E-state index contributed by atoms with van der Waals surface area (Å²) >= 11 is 0. The average molecular weight is 310 g/mol. The molecule has 5 heteroatoms. The van der Waals surface area contributed by atoms with Crippen LogP contribution in [0.25, 0.3) is 0 Å². The van der Waals surface area contributed by atoms with Crippen molar-refractivity contribution in [1.82, 2.24) is 9.80 Å². The summed E-state index contributed by atoms with van der Waals surface area (Å²) in [6.45, 7) is 7.93. The van der Waals surface area contributed by atoms with Gasteiger partial charge in [-0.3, -0.25) is 4.79 Å². The summed E-state index contributed by atoms with van der Waals surface area (Å²) in [5, 5.41) is 0. The van der Waals surface area contributed by atoms with Crippen LogP contribution in [0, 0.1) is 11.8 Å². The van der Waals surface area contributed by atoms with Crippen molar-refractivity contribution in [3.05, 3.63) is 0 Å². The first-order valence-electron chi connectivity index (χ1n) is 8.49. The van der Waals surface area contributed by atoms with Gasteiger partial charge in [-0.1, -0.05) is 6.42 Å². The fourth-order valence-corrected chi connectivity index (χ4v) is 3.07. The highest BCUT2D eigenvalue weighted by molar-refractivity contribution is 5.79. The SMILES string of the molecule is CN(CC1CCN(C(=O)OC(C)(C)C)CC1)C(=O)C1CCC1. The summed E-state index contributed by atoms with van der Waals surface area (Å²) in [6, 6.07) is 0. The monoisotopic (exact) mass is 310 g/mol. The van der Waals surface area contributed by atoms with Crippen LogP contribution in [0.1, 0.15) is 52.9 Å². The Morgan fingerprint density at radius 2 is 1.73 bits per heavy atom. The van der Waals surface area contributed by atoms with Gasteiger partial charge in [-0.15, -0.1) is 0 Å². The molecule has 0 atom stereocenters. The van der Waals surface area contributed by atoms with Gasteiger partial charge in [-0.2, -0.15) is 0 Å². The highest BCUT2D eigenvalue weighted by Crippen LogP contribution is 2.29. The van der Waals surface area contributed by atoms with Crippen LogP contribution in [0.15, 0.2) is 0 Å². The number of piperidine rings is 1. The number of carbonyl (C=O) groups is 2. The van der Waals surface area contributed by atoms with Gasteiger partial charge in [0.1, 0.15) is 5.60 Å². The zero-order valence-corrected chi connectivity index (χ0v) is 14.4. The third kappa shape index (κ3) is 4.62. The van der Waals surface area contributed by atoms with Crippen molar-refractivity contribution in [1.29, 1.82) is 0 Å². The van der Waals surface area contributed by atoms with Gasteiger partial charge in [0, 0.05) is 32.6 Å². The normalized spacial score (nSPS) is 20.5. The van der Waals surface area contributed by atoms with Crippen LogP contribution in [0.2, 0.25) is 0 Å². The molecule has 0 unspecified atom stereocenters. The van der Waals surface area contributed by atoms with Gasteiger partial charge in [0.2, 0.25) is 5.91 Å². The van der Waals surface area contributed by atoms with Gasteiger partial charge in [0.15, 0.2) is 0 Å². The van der Waals surface area contributed by atoms with E-state index >= 15 is 0 Å². The van der Waals surface area contributed by atoms with Crippen LogP contribution in [0.3, 0.4) is 0 Å². The number of hydrogen-bond acceptors (Lipinski definition) is 3. The summed E-state index contributed by atoms with van der Waals surface area (Å²) in [5.41, 5.74) is -0.441. The fraction of sp³-hybridized carbons (Fsp3) is 0.882. The first-order chi connectivity index (χ1) is 10.3. The van der Waals surface area contributed by atoms with Crippen LogP contribution in [0.5, 0.6) is 0 Å². The molecule has 0 aromatic rings. The smallest absolute Gasteiger partial charge is 0.410 e. The van der Waals surface area contributed by atoms with Crippen LogP contribution < -0.4 is 0 Å². The molecule has 0 aromatic carbocycles. The number of likely N-dealkylation sites (tertiary alicyclic amines) is 1. The Kier molecular flexibility index (Phi) is 5.35. The van der Waals surface area contributed by atoms with Crippen LogP contribution in [-0.2, 0) is 9.53 Å². The van der Waals surface area contributed by atoms with Gasteiger partial charge in [-0.05, 0) is 52.4 Å². The zero-order valence-electron chi connectivity index (χ0n) is 14.4. The molecule has 0 radical (unpaired) electrons. The third-order valence-corrected chi connectivity index (χ3v) is 4.63. The topological polar surface area (TPSA) is 49.9 Å². The van der Waals surface area contributed by atoms with Crippen molar-refractivity contribution in [3.8, 4) is 0 Å². The summed E-state index contributed by atoms with van der Waals surface area (Å²) < 4.78 is 5.41. The molecular formula is C17H30N2O3. The molecule has 0 N–H and O–H groups in total. The third-order valence-electron chi connectivity index (χ3n) is 4.63. The summed E-state index contributed by atoms with van der Waals surface area (Å²) in [4.78, 5) is 27.9. The Bertz CT molecular complexity index is 405. The molecule has 1 aliphatic carbocycles. The molecule has 0 spiro atoms. The predicted octanol–water partition coefficient (Wildman–Crippen LogP) is 2.89. The molecule has 22 heavy (non-hydrogen) atoms. The van der Waals surface area contributed by atoms with Gasteiger partial charge in [0.25, 0.3) is 0 Å². The maximum atomic E-state index is 12.2. The molecule has 2 rings (SSSR count). The van der Waals surface area contributed by atoms with E-state index in [2.05, 4.69) is 0 Å². The molecule has 1 aliphatic heterocycles. The van der Waals surface area contributed by atoms with Crippen molar-refractivity contribution in [2.75, 3.05) is 26.7 Å². The lowest BCUT2D eigenvalue weighted by atomic mass is 9.84. The minimum absolute atomic E-state index is 0.218. The highest BCUT2D eigenvalue weighted by atomic mass is 16.6. The Hall–Kier alpha value is -1.26. The molecule has 1 heterocycles. The number of ether oxygens (including phenoxy) is 1. The second kappa shape index (κ2) is 6.88. The number of nitrogens with zero attached hydrogens (tertiary/aromatic N) is 2. The maximum Gasteiger partial charge on any atom is 0.410 e. The first-order valence-corrected chi connectivity index (χ1v) is 8.49. The van der Waals surface area contributed by atoms with E-state index in [9.17, 15) is 9.59 Å². The summed E-state index contributed by atoms with van der Waals surface area (Å²) in [5.74, 6) is 1.07. The Morgan fingerprint density at radius 3 is 2.18 bits per heavy atom. The second-order valence-corrected chi connectivity index (χ2v) is 7.76. The summed E-state index contributed by atoms with van der Waals surface area (Å²) in [6.07, 6.45) is 4.98. The van der Waals surface area contributed by atoms with Crippen molar-refractivity contribution in [2.45, 2.75) is 58.5 Å². The van der Waals surface area contributed by atoms with Gasteiger partial charge in [-0.25, -0.2) is 4.79 Å². The van der Waals surface area contributed by atoms with E-state index in [4.69, 9.17) is 4.74 Å². The van der Waals surface area contributed by atoms with Gasteiger partial charge >= 0.3 is 6.09 Å². The van der Waals surface area contributed by atoms with E-state index < -0.39 is 5.60 Å². The largest absolute Gasteiger partial charge is 0.444 e. The highest BCUT2D eigenvalue weighted by Gasteiger charge is 2.31. The van der Waals surface area contributed by atoms with Crippen molar-refractivity contribution < 1.29 is 14.3 Å². The first kappa shape index (κ1) is 17.1. The Labute approximate surface area is 134 Å². The Morgan fingerprint density at radius 1 is 1.14 bits per heavy atom. The molecular weight excluding hydrogens is 280 g/mol. The fourth-order valence-electron chi connectivity index (χ4n) is 3.07. The van der Waals surface area contributed by atoms with Crippen molar-refractivity contribution in [3.63, 3.8) is 0 Å². The molecule has 2 fully saturated rings. The molecule has 2 amide bonds. The minimum Gasteiger partial charge on any atom is -0.444 e. The average Bonchev–Trinajstić information content (AvgIpc) is 2.35. The number of rotatable bonds is 3. The van der Waals surface area contributed by atoms with E-state index in [1.165, 1.54) is 6.42 Å². The quantitative estimate of drug-likeness (QED) is 0.805. The van der Waals surface area contributed by atoms with Crippen molar-refractivity contribution >= 4 is 12.0 Å². The van der Waals surface area contributed by atoms with E-state index in [-0.39, 0.29) is 12.0 Å². The van der Waals surface area contributed by atoms with Crippen molar-refractivity contribution in [2.24, 2.45) is 11.8 Å². The van der Waals surface area contributed by atoms with Crippen LogP contribution >= 0.6 is 0 Å². The molecule has 0 bridgehead atoms. The van der Waals surface area contributed by atoms with E-state index in [1.807, 2.05) is 32.7 Å². The molecule has 2 aliphatic rings. The molecule has 1 saturated heterocycles. The van der Waals surface area contributed by atoms with Crippen LogP contribution in [0.4, 0.5) is 4.79 Å². The van der Waals surface area contributed by atoms with Gasteiger partial charge in [0.05, 0.1) is 0 Å². The molecule has 1 saturated carbocycles. The lowest BCUT2D eigenvalue weighted by Crippen LogP contribution is -2.45. The zero-order chi connectivity index (χ0) is 16.3. The van der Waals surface area contributed by atoms with E-state index in [1.54, 1.807) is 4.90 Å².